The van der Waals surface area contributed by atoms with Gasteiger partial charge in [0.05, 0.1) is 5.56 Å². The molecule has 2 aromatic carbocycles. The van der Waals surface area contributed by atoms with Gasteiger partial charge in [-0.1, -0.05) is 19.9 Å². The molecule has 0 saturated carbocycles. The van der Waals surface area contributed by atoms with Crippen molar-refractivity contribution in [3.63, 3.8) is 0 Å². The molecular weight excluding hydrogens is 395 g/mol. The van der Waals surface area contributed by atoms with Crippen LogP contribution in [0.3, 0.4) is 0 Å². The second-order valence-electron chi connectivity index (χ2n) is 7.73. The van der Waals surface area contributed by atoms with Crippen molar-refractivity contribution in [3.05, 3.63) is 53.6 Å². The Morgan fingerprint density at radius 2 is 1.77 bits per heavy atom. The van der Waals surface area contributed by atoms with E-state index >= 15 is 0 Å². The number of halogens is 3. The Morgan fingerprint density at radius 3 is 2.43 bits per heavy atom. The van der Waals surface area contributed by atoms with Crippen molar-refractivity contribution in [2.24, 2.45) is 5.92 Å². The molecule has 0 aliphatic carbocycles. The molecule has 0 unspecified atom stereocenters. The van der Waals surface area contributed by atoms with Crippen LogP contribution in [0.25, 0.3) is 0 Å². The van der Waals surface area contributed by atoms with Gasteiger partial charge in [0, 0.05) is 30.0 Å². The number of fused-ring (bicyclic) bond motifs is 1. The molecule has 0 fully saturated rings. The molecule has 0 spiro atoms. The predicted octanol–water partition coefficient (Wildman–Crippen LogP) is 5.67. The van der Waals surface area contributed by atoms with Crippen molar-refractivity contribution < 1.29 is 22.8 Å². The molecule has 30 heavy (non-hydrogen) atoms. The fourth-order valence-electron chi connectivity index (χ4n) is 3.34. The number of hydrogen-bond acceptors (Lipinski definition) is 2. The maximum atomic E-state index is 12.8. The van der Waals surface area contributed by atoms with Gasteiger partial charge in [-0.25, -0.2) is 4.79 Å². The van der Waals surface area contributed by atoms with Gasteiger partial charge in [0.1, 0.15) is 0 Å². The average molecular weight is 419 g/mol. The van der Waals surface area contributed by atoms with E-state index in [1.807, 2.05) is 0 Å². The zero-order valence-electron chi connectivity index (χ0n) is 16.8. The number of nitrogens with zero attached hydrogens (tertiary/aromatic N) is 1. The van der Waals surface area contributed by atoms with E-state index in [-0.39, 0.29) is 11.6 Å². The van der Waals surface area contributed by atoms with E-state index in [1.165, 1.54) is 12.1 Å². The molecule has 0 atom stereocenters. The highest BCUT2D eigenvalue weighted by Gasteiger charge is 2.30. The molecule has 3 amide bonds. The summed E-state index contributed by atoms with van der Waals surface area (Å²) in [6.07, 6.45) is -2.60. The molecule has 8 heteroatoms. The lowest BCUT2D eigenvalue weighted by atomic mass is 9.99. The Balaban J connectivity index is 1.69. The summed E-state index contributed by atoms with van der Waals surface area (Å²) >= 11 is 0. The summed E-state index contributed by atoms with van der Waals surface area (Å²) in [5, 5.41) is 5.06. The topological polar surface area (TPSA) is 61.4 Å². The van der Waals surface area contributed by atoms with Crippen molar-refractivity contribution in [2.45, 2.75) is 39.3 Å². The summed E-state index contributed by atoms with van der Waals surface area (Å²) < 4.78 is 38.4. The lowest BCUT2D eigenvalue weighted by Crippen LogP contribution is -2.36. The zero-order chi connectivity index (χ0) is 21.9. The van der Waals surface area contributed by atoms with E-state index in [1.54, 1.807) is 23.1 Å². The van der Waals surface area contributed by atoms with Crippen LogP contribution in [0.1, 0.15) is 37.8 Å². The van der Waals surface area contributed by atoms with Gasteiger partial charge in [0.15, 0.2) is 0 Å². The van der Waals surface area contributed by atoms with E-state index in [0.29, 0.717) is 31.0 Å². The van der Waals surface area contributed by atoms with Gasteiger partial charge < -0.3 is 15.5 Å². The van der Waals surface area contributed by atoms with Gasteiger partial charge in [-0.3, -0.25) is 4.79 Å². The largest absolute Gasteiger partial charge is 0.416 e. The smallest absolute Gasteiger partial charge is 0.312 e. The molecule has 0 saturated heterocycles. The van der Waals surface area contributed by atoms with Crippen LogP contribution in [0.4, 0.5) is 35.0 Å². The third kappa shape index (κ3) is 5.31. The van der Waals surface area contributed by atoms with Crippen molar-refractivity contribution in [2.75, 3.05) is 22.1 Å². The number of benzene rings is 2. The summed E-state index contributed by atoms with van der Waals surface area (Å²) in [7, 11) is 0. The quantitative estimate of drug-likeness (QED) is 0.656. The first-order valence-corrected chi connectivity index (χ1v) is 9.82. The van der Waals surface area contributed by atoms with E-state index in [0.717, 1.165) is 29.8 Å². The van der Waals surface area contributed by atoms with Gasteiger partial charge >= 0.3 is 12.2 Å². The highest BCUT2D eigenvalue weighted by Crippen LogP contribution is 2.32. The minimum absolute atomic E-state index is 0.0470. The number of carbonyl (C=O) groups excluding carboxylic acids is 2. The average Bonchev–Trinajstić information content (AvgIpc) is 2.66. The molecular formula is C22H24F3N3O2. The molecule has 160 valence electrons. The fourth-order valence-corrected chi connectivity index (χ4v) is 3.34. The van der Waals surface area contributed by atoms with Crippen molar-refractivity contribution in [1.29, 1.82) is 0 Å². The Labute approximate surface area is 173 Å². The lowest BCUT2D eigenvalue weighted by Gasteiger charge is -2.30. The first-order chi connectivity index (χ1) is 14.1. The van der Waals surface area contributed by atoms with Gasteiger partial charge in [-0.15, -0.1) is 0 Å². The molecule has 1 aliphatic heterocycles. The standard InChI is InChI=1S/C22H24F3N3O2/c1-14(2)10-11-28-19-8-7-18(12-15(19)6-9-20(28)29)27-21(30)26-17-5-3-4-16(13-17)22(23,24)25/h3-5,7-8,12-14H,6,9-11H2,1-2H3,(H2,26,27,30). The number of amides is 3. The highest BCUT2D eigenvalue weighted by molar-refractivity contribution is 6.01. The Hall–Kier alpha value is -3.03. The molecule has 0 aromatic heterocycles. The number of urea groups is 1. The first kappa shape index (κ1) is 21.7. The van der Waals surface area contributed by atoms with Crippen LogP contribution in [0.5, 0.6) is 0 Å². The summed E-state index contributed by atoms with van der Waals surface area (Å²) in [6, 6.07) is 9.09. The van der Waals surface area contributed by atoms with Gasteiger partial charge in [-0.2, -0.15) is 13.2 Å². The monoisotopic (exact) mass is 419 g/mol. The SMILES string of the molecule is CC(C)CCN1C(=O)CCc2cc(NC(=O)Nc3cccc(C(F)(F)F)c3)ccc21. The minimum atomic E-state index is -4.48. The number of alkyl halides is 3. The van der Waals surface area contributed by atoms with Crippen LogP contribution < -0.4 is 15.5 Å². The van der Waals surface area contributed by atoms with E-state index in [2.05, 4.69) is 24.5 Å². The molecule has 1 aliphatic rings. The van der Waals surface area contributed by atoms with Crippen LogP contribution in [0.15, 0.2) is 42.5 Å². The summed E-state index contributed by atoms with van der Waals surface area (Å²) in [5.41, 5.74) is 1.52. The molecule has 5 nitrogen and oxygen atoms in total. The van der Waals surface area contributed by atoms with Crippen LogP contribution >= 0.6 is 0 Å². The normalized spacial score (nSPS) is 13.9. The van der Waals surface area contributed by atoms with Gasteiger partial charge in [0.2, 0.25) is 5.91 Å². The van der Waals surface area contributed by atoms with Crippen LogP contribution in [0, 0.1) is 5.92 Å². The third-order valence-corrected chi connectivity index (χ3v) is 4.92. The van der Waals surface area contributed by atoms with Crippen molar-refractivity contribution in [3.8, 4) is 0 Å². The number of nitrogens with one attached hydrogen (secondary N) is 2. The predicted molar refractivity (Wildman–Crippen MR) is 111 cm³/mol. The number of hydrogen-bond donors (Lipinski definition) is 2. The second kappa shape index (κ2) is 8.77. The second-order valence-corrected chi connectivity index (χ2v) is 7.73. The summed E-state index contributed by atoms with van der Waals surface area (Å²) in [6.45, 7) is 4.85. The zero-order valence-corrected chi connectivity index (χ0v) is 16.8. The molecule has 1 heterocycles. The van der Waals surface area contributed by atoms with Crippen molar-refractivity contribution in [1.82, 2.24) is 0 Å². The molecule has 0 bridgehead atoms. The number of carbonyl (C=O) groups is 2. The first-order valence-electron chi connectivity index (χ1n) is 9.82. The highest BCUT2D eigenvalue weighted by atomic mass is 19.4. The maximum absolute atomic E-state index is 12.8. The molecule has 0 radical (unpaired) electrons. The number of anilines is 3. The van der Waals surface area contributed by atoms with Crippen LogP contribution in [-0.2, 0) is 17.4 Å². The Kier molecular flexibility index (Phi) is 6.34. The summed E-state index contributed by atoms with van der Waals surface area (Å²) in [5.74, 6) is 0.565. The molecule has 2 N–H and O–H groups in total. The Bertz CT molecular complexity index is 941. The molecule has 3 rings (SSSR count). The van der Waals surface area contributed by atoms with E-state index in [4.69, 9.17) is 0 Å². The van der Waals surface area contributed by atoms with E-state index < -0.39 is 17.8 Å². The fraction of sp³-hybridized carbons (Fsp3) is 0.364. The molecule has 2 aromatic rings. The summed E-state index contributed by atoms with van der Waals surface area (Å²) in [4.78, 5) is 26.3. The van der Waals surface area contributed by atoms with Gasteiger partial charge in [-0.05, 0) is 60.7 Å². The number of rotatable bonds is 5. The van der Waals surface area contributed by atoms with Crippen LogP contribution in [0.2, 0.25) is 0 Å². The Morgan fingerprint density at radius 1 is 1.07 bits per heavy atom. The van der Waals surface area contributed by atoms with E-state index in [9.17, 15) is 22.8 Å². The maximum Gasteiger partial charge on any atom is 0.416 e. The lowest BCUT2D eigenvalue weighted by molar-refractivity contribution is -0.137. The van der Waals surface area contributed by atoms with Gasteiger partial charge in [0.25, 0.3) is 0 Å². The van der Waals surface area contributed by atoms with Crippen LogP contribution in [-0.4, -0.2) is 18.5 Å². The van der Waals surface area contributed by atoms with Crippen molar-refractivity contribution >= 4 is 29.0 Å². The number of aryl methyl sites for hydroxylation is 1. The third-order valence-electron chi connectivity index (χ3n) is 4.92. The minimum Gasteiger partial charge on any atom is -0.312 e.